The third-order valence-electron chi connectivity index (χ3n) is 2.03. The Balaban J connectivity index is 2.18. The second-order valence-electron chi connectivity index (χ2n) is 3.27. The first-order chi connectivity index (χ1) is 8.06. The fraction of sp³-hybridized carbons (Fsp3) is 0.100. The van der Waals surface area contributed by atoms with Crippen molar-refractivity contribution in [3.05, 3.63) is 37.7 Å². The number of hydrogen-bond donors (Lipinski definition) is 1. The summed E-state index contributed by atoms with van der Waals surface area (Å²) in [5, 5.41) is 10.3. The van der Waals surface area contributed by atoms with E-state index in [0.717, 1.165) is 27.1 Å². The monoisotopic (exact) mass is 331 g/mol. The van der Waals surface area contributed by atoms with Crippen molar-refractivity contribution in [2.45, 2.75) is 6.92 Å². The van der Waals surface area contributed by atoms with Crippen LogP contribution in [0.4, 0.5) is 5.69 Å². The number of aromatic nitrogens is 2. The molecule has 0 spiro atoms. The lowest BCUT2D eigenvalue weighted by Gasteiger charge is -2.06. The van der Waals surface area contributed by atoms with Crippen molar-refractivity contribution in [3.63, 3.8) is 0 Å². The number of benzene rings is 1. The maximum absolute atomic E-state index is 11.8. The summed E-state index contributed by atoms with van der Waals surface area (Å²) in [5.74, 6) is -0.306. The molecule has 17 heavy (non-hydrogen) atoms. The SMILES string of the molecule is Cc1cc(Br)ccc1NC(=O)c1nnc(Cl)s1. The van der Waals surface area contributed by atoms with Gasteiger partial charge in [0.25, 0.3) is 5.91 Å². The summed E-state index contributed by atoms with van der Waals surface area (Å²) < 4.78 is 1.22. The highest BCUT2D eigenvalue weighted by molar-refractivity contribution is 9.10. The minimum Gasteiger partial charge on any atom is -0.320 e. The summed E-state index contributed by atoms with van der Waals surface area (Å²) in [6.45, 7) is 1.91. The van der Waals surface area contributed by atoms with Crippen molar-refractivity contribution in [3.8, 4) is 0 Å². The lowest BCUT2D eigenvalue weighted by molar-refractivity contribution is 0.102. The van der Waals surface area contributed by atoms with Gasteiger partial charge in [0.1, 0.15) is 0 Å². The smallest absolute Gasteiger partial charge is 0.286 e. The normalized spacial score (nSPS) is 10.3. The molecule has 0 aliphatic carbocycles. The number of anilines is 1. The largest absolute Gasteiger partial charge is 0.320 e. The molecular formula is C10H7BrClN3OS. The Labute approximate surface area is 115 Å². The molecule has 0 fully saturated rings. The molecule has 1 heterocycles. The predicted octanol–water partition coefficient (Wildman–Crippen LogP) is 3.51. The summed E-state index contributed by atoms with van der Waals surface area (Å²) in [5.41, 5.74) is 1.70. The highest BCUT2D eigenvalue weighted by Gasteiger charge is 2.13. The van der Waals surface area contributed by atoms with Crippen molar-refractivity contribution < 1.29 is 4.79 Å². The van der Waals surface area contributed by atoms with E-state index in [1.165, 1.54) is 0 Å². The molecule has 4 nitrogen and oxygen atoms in total. The molecule has 0 atom stereocenters. The topological polar surface area (TPSA) is 54.9 Å². The zero-order chi connectivity index (χ0) is 12.4. The van der Waals surface area contributed by atoms with E-state index >= 15 is 0 Å². The number of nitrogens with one attached hydrogen (secondary N) is 1. The van der Waals surface area contributed by atoms with Gasteiger partial charge >= 0.3 is 0 Å². The summed E-state index contributed by atoms with van der Waals surface area (Å²) in [6, 6.07) is 5.60. The van der Waals surface area contributed by atoms with Gasteiger partial charge in [-0.25, -0.2) is 0 Å². The molecule has 0 radical (unpaired) electrons. The van der Waals surface area contributed by atoms with Crippen LogP contribution >= 0.6 is 38.9 Å². The minimum absolute atomic E-state index is 0.248. The molecule has 88 valence electrons. The highest BCUT2D eigenvalue weighted by Crippen LogP contribution is 2.21. The fourth-order valence-corrected chi connectivity index (χ4v) is 2.44. The molecule has 1 aromatic heterocycles. The van der Waals surface area contributed by atoms with Crippen LogP contribution in [0.3, 0.4) is 0 Å². The zero-order valence-corrected chi connectivity index (χ0v) is 11.9. The van der Waals surface area contributed by atoms with Crippen molar-refractivity contribution in [2.24, 2.45) is 0 Å². The Morgan fingerprint density at radius 3 is 2.82 bits per heavy atom. The van der Waals surface area contributed by atoms with Gasteiger partial charge in [-0.1, -0.05) is 27.3 Å². The number of carbonyl (C=O) groups is 1. The van der Waals surface area contributed by atoms with E-state index in [-0.39, 0.29) is 15.4 Å². The molecule has 1 aromatic carbocycles. The van der Waals surface area contributed by atoms with Crippen LogP contribution in [0.2, 0.25) is 4.47 Å². The third-order valence-corrected chi connectivity index (χ3v) is 3.54. The lowest BCUT2D eigenvalue weighted by Crippen LogP contribution is -2.12. The molecule has 0 saturated carbocycles. The van der Waals surface area contributed by atoms with Gasteiger partial charge in [0, 0.05) is 10.2 Å². The first-order valence-corrected chi connectivity index (χ1v) is 6.61. The van der Waals surface area contributed by atoms with E-state index in [2.05, 4.69) is 31.4 Å². The van der Waals surface area contributed by atoms with Crippen LogP contribution < -0.4 is 5.32 Å². The molecule has 0 saturated heterocycles. The fourth-order valence-electron chi connectivity index (χ4n) is 1.24. The van der Waals surface area contributed by atoms with Gasteiger partial charge in [-0.05, 0) is 42.3 Å². The van der Waals surface area contributed by atoms with Crippen LogP contribution in [0, 0.1) is 6.92 Å². The first-order valence-electron chi connectivity index (χ1n) is 4.63. The summed E-state index contributed by atoms with van der Waals surface area (Å²) >= 11 is 10.0. The van der Waals surface area contributed by atoms with Gasteiger partial charge in [-0.2, -0.15) is 0 Å². The molecule has 0 bridgehead atoms. The molecule has 1 amide bonds. The second kappa shape index (κ2) is 5.12. The Morgan fingerprint density at radius 2 is 2.24 bits per heavy atom. The summed E-state index contributed by atoms with van der Waals surface area (Å²) in [7, 11) is 0. The molecule has 7 heteroatoms. The first kappa shape index (κ1) is 12.5. The quantitative estimate of drug-likeness (QED) is 0.915. The summed E-state index contributed by atoms with van der Waals surface area (Å²) in [4.78, 5) is 11.8. The number of aryl methyl sites for hydroxylation is 1. The van der Waals surface area contributed by atoms with E-state index in [1.807, 2.05) is 25.1 Å². The second-order valence-corrected chi connectivity index (χ2v) is 5.75. The number of carbonyl (C=O) groups excluding carboxylic acids is 1. The molecule has 0 unspecified atom stereocenters. The van der Waals surface area contributed by atoms with Crippen LogP contribution in [-0.4, -0.2) is 16.1 Å². The number of amides is 1. The van der Waals surface area contributed by atoms with Crippen LogP contribution in [0.25, 0.3) is 0 Å². The maximum Gasteiger partial charge on any atom is 0.286 e. The number of halogens is 2. The summed E-state index contributed by atoms with van der Waals surface area (Å²) in [6.07, 6.45) is 0. The van der Waals surface area contributed by atoms with Crippen molar-refractivity contribution in [1.82, 2.24) is 10.2 Å². The Morgan fingerprint density at radius 1 is 1.47 bits per heavy atom. The van der Waals surface area contributed by atoms with Crippen LogP contribution in [0.1, 0.15) is 15.4 Å². The number of rotatable bonds is 2. The van der Waals surface area contributed by atoms with Crippen molar-refractivity contribution >= 4 is 50.5 Å². The standard InChI is InChI=1S/C10H7BrClN3OS/c1-5-4-6(11)2-3-7(5)13-8(16)9-14-15-10(12)17-9/h2-4H,1H3,(H,13,16). The van der Waals surface area contributed by atoms with Gasteiger partial charge < -0.3 is 5.32 Å². The van der Waals surface area contributed by atoms with E-state index in [4.69, 9.17) is 11.6 Å². The maximum atomic E-state index is 11.8. The van der Waals surface area contributed by atoms with Crippen molar-refractivity contribution in [1.29, 1.82) is 0 Å². The minimum atomic E-state index is -0.306. The highest BCUT2D eigenvalue weighted by atomic mass is 79.9. The average Bonchev–Trinajstić information content (AvgIpc) is 2.69. The average molecular weight is 333 g/mol. The third kappa shape index (κ3) is 3.02. The molecule has 2 rings (SSSR count). The molecule has 0 aliphatic rings. The van der Waals surface area contributed by atoms with E-state index < -0.39 is 0 Å². The molecular weight excluding hydrogens is 326 g/mol. The number of nitrogens with zero attached hydrogens (tertiary/aromatic N) is 2. The Bertz CT molecular complexity index is 572. The van der Waals surface area contributed by atoms with Gasteiger partial charge in [-0.3, -0.25) is 4.79 Å². The Hall–Kier alpha value is -0.980. The van der Waals surface area contributed by atoms with Crippen LogP contribution in [0.5, 0.6) is 0 Å². The van der Waals surface area contributed by atoms with Gasteiger partial charge in [-0.15, -0.1) is 10.2 Å². The predicted molar refractivity (Wildman–Crippen MR) is 71.8 cm³/mol. The van der Waals surface area contributed by atoms with Gasteiger partial charge in [0.2, 0.25) is 9.47 Å². The van der Waals surface area contributed by atoms with Gasteiger partial charge in [0.05, 0.1) is 0 Å². The Kier molecular flexibility index (Phi) is 3.76. The van der Waals surface area contributed by atoms with E-state index in [9.17, 15) is 4.79 Å². The van der Waals surface area contributed by atoms with Gasteiger partial charge in [0.15, 0.2) is 0 Å². The van der Waals surface area contributed by atoms with E-state index in [1.54, 1.807) is 0 Å². The molecule has 2 aromatic rings. The molecule has 0 aliphatic heterocycles. The van der Waals surface area contributed by atoms with E-state index in [0.29, 0.717) is 0 Å². The van der Waals surface area contributed by atoms with Crippen molar-refractivity contribution in [2.75, 3.05) is 5.32 Å². The van der Waals surface area contributed by atoms with Crippen LogP contribution in [0.15, 0.2) is 22.7 Å². The lowest BCUT2D eigenvalue weighted by atomic mass is 10.2. The zero-order valence-electron chi connectivity index (χ0n) is 8.70. The number of hydrogen-bond acceptors (Lipinski definition) is 4. The molecule has 1 N–H and O–H groups in total. The van der Waals surface area contributed by atoms with Crippen LogP contribution in [-0.2, 0) is 0 Å².